The number of carbonyl (C=O) groups is 1. The number of hydrogen-bond donors (Lipinski definition) is 2. The number of rotatable bonds is 4. The molecule has 7 nitrogen and oxygen atoms in total. The highest BCUT2D eigenvalue weighted by atomic mass is 32.2. The fourth-order valence-corrected chi connectivity index (χ4v) is 4.62. The van der Waals surface area contributed by atoms with Gasteiger partial charge in [-0.2, -0.15) is 5.26 Å². The first-order valence-corrected chi connectivity index (χ1v) is 11.4. The van der Waals surface area contributed by atoms with Crippen LogP contribution in [0.3, 0.4) is 0 Å². The maximum absolute atomic E-state index is 13.4. The summed E-state index contributed by atoms with van der Waals surface area (Å²) in [5.74, 6) is -0.181. The fourth-order valence-electron chi connectivity index (χ4n) is 3.65. The Labute approximate surface area is 200 Å². The molecule has 8 heteroatoms. The van der Waals surface area contributed by atoms with Crippen molar-refractivity contribution in [1.29, 1.82) is 5.26 Å². The van der Waals surface area contributed by atoms with Crippen LogP contribution < -0.4 is 11.1 Å². The van der Waals surface area contributed by atoms with E-state index in [2.05, 4.69) is 21.4 Å². The fraction of sp³-hybridized carbons (Fsp3) is 0.0385. The van der Waals surface area contributed by atoms with Gasteiger partial charge in [0.1, 0.15) is 22.7 Å². The molecule has 0 aliphatic carbocycles. The van der Waals surface area contributed by atoms with Crippen molar-refractivity contribution in [2.75, 3.05) is 11.1 Å². The Morgan fingerprint density at radius 2 is 1.53 bits per heavy atom. The van der Waals surface area contributed by atoms with Crippen LogP contribution in [-0.2, 0) is 4.79 Å². The lowest BCUT2D eigenvalue weighted by atomic mass is 10.1. The highest BCUT2D eigenvalue weighted by molar-refractivity contribution is 8.01. The number of nitriles is 1. The summed E-state index contributed by atoms with van der Waals surface area (Å²) >= 11 is 1.15. The van der Waals surface area contributed by atoms with Gasteiger partial charge in [-0.05, 0) is 17.7 Å². The zero-order valence-electron chi connectivity index (χ0n) is 17.8. The van der Waals surface area contributed by atoms with Gasteiger partial charge in [0.2, 0.25) is 5.91 Å². The summed E-state index contributed by atoms with van der Waals surface area (Å²) in [5, 5.41) is 12.1. The quantitative estimate of drug-likeness (QED) is 0.420. The van der Waals surface area contributed by atoms with Crippen molar-refractivity contribution in [3.8, 4) is 17.3 Å². The van der Waals surface area contributed by atoms with E-state index in [-0.39, 0.29) is 22.4 Å². The number of aromatic nitrogens is 2. The van der Waals surface area contributed by atoms with Gasteiger partial charge < -0.3 is 11.1 Å². The van der Waals surface area contributed by atoms with Crippen LogP contribution in [0.1, 0.15) is 11.1 Å². The third-order valence-corrected chi connectivity index (χ3v) is 6.32. The first kappa shape index (κ1) is 21.4. The maximum atomic E-state index is 13.4. The molecule has 0 spiro atoms. The number of hydrogen-bond acceptors (Lipinski definition) is 7. The van der Waals surface area contributed by atoms with E-state index in [0.717, 1.165) is 22.9 Å². The molecule has 1 unspecified atom stereocenters. The van der Waals surface area contributed by atoms with E-state index in [1.807, 2.05) is 84.9 Å². The van der Waals surface area contributed by atoms with Crippen molar-refractivity contribution >= 4 is 40.6 Å². The van der Waals surface area contributed by atoms with E-state index in [0.29, 0.717) is 22.8 Å². The highest BCUT2D eigenvalue weighted by Crippen LogP contribution is 2.35. The van der Waals surface area contributed by atoms with Crippen molar-refractivity contribution in [1.82, 2.24) is 9.97 Å². The molecule has 164 valence electrons. The Bertz CT molecular complexity index is 1450. The van der Waals surface area contributed by atoms with Gasteiger partial charge >= 0.3 is 0 Å². The molecular formula is C26H18N6OS. The summed E-state index contributed by atoms with van der Waals surface area (Å²) in [4.78, 5) is 27.2. The first-order valence-electron chi connectivity index (χ1n) is 10.5. The maximum Gasteiger partial charge on any atom is 0.244 e. The normalized spacial score (nSPS) is 14.9. The van der Waals surface area contributed by atoms with Gasteiger partial charge in [0.05, 0.1) is 22.8 Å². The summed E-state index contributed by atoms with van der Waals surface area (Å²) < 4.78 is 0. The van der Waals surface area contributed by atoms with Gasteiger partial charge in [0.25, 0.3) is 0 Å². The van der Waals surface area contributed by atoms with Crippen LogP contribution in [-0.4, -0.2) is 26.8 Å². The van der Waals surface area contributed by atoms with E-state index >= 15 is 0 Å². The standard InChI is InChI=1S/C26H18N6OS/c27-15-18-21(16-9-3-1-4-10-16)31-26(32-24(18)28)34-23-22(17-11-5-2-6-12-17)29-19-13-7-8-14-20(19)30-25(23)33/h1-14,23H,(H,30,33)(H2,28,31,32). The number of amides is 1. The average molecular weight is 463 g/mol. The second-order valence-corrected chi connectivity index (χ2v) is 8.53. The topological polar surface area (TPSA) is 117 Å². The summed E-state index contributed by atoms with van der Waals surface area (Å²) in [6.07, 6.45) is 0. The minimum absolute atomic E-state index is 0.0642. The molecule has 1 aliphatic heterocycles. The molecule has 0 fully saturated rings. The van der Waals surface area contributed by atoms with Crippen LogP contribution >= 0.6 is 11.8 Å². The molecule has 0 saturated carbocycles. The molecule has 0 radical (unpaired) electrons. The number of para-hydroxylation sites is 2. The Morgan fingerprint density at radius 3 is 2.24 bits per heavy atom. The minimum atomic E-state index is -0.745. The number of anilines is 2. The summed E-state index contributed by atoms with van der Waals surface area (Å²) in [5.41, 5.74) is 10.2. The van der Waals surface area contributed by atoms with Crippen LogP contribution in [0, 0.1) is 11.3 Å². The van der Waals surface area contributed by atoms with Gasteiger partial charge in [-0.1, -0.05) is 84.6 Å². The largest absolute Gasteiger partial charge is 0.382 e. The molecule has 3 aromatic carbocycles. The Morgan fingerprint density at radius 1 is 0.882 bits per heavy atom. The third-order valence-electron chi connectivity index (χ3n) is 5.26. The van der Waals surface area contributed by atoms with Crippen LogP contribution in [0.4, 0.5) is 17.2 Å². The number of nitrogen functional groups attached to an aromatic ring is 1. The predicted molar refractivity (Wildman–Crippen MR) is 134 cm³/mol. The molecule has 34 heavy (non-hydrogen) atoms. The summed E-state index contributed by atoms with van der Waals surface area (Å²) in [7, 11) is 0. The molecule has 4 aromatic rings. The number of benzene rings is 3. The number of nitrogens with zero attached hydrogens (tertiary/aromatic N) is 4. The van der Waals surface area contributed by atoms with Crippen LogP contribution in [0.2, 0.25) is 0 Å². The van der Waals surface area contributed by atoms with Crippen molar-refractivity contribution in [2.24, 2.45) is 4.99 Å². The lowest BCUT2D eigenvalue weighted by Crippen LogP contribution is -2.32. The smallest absolute Gasteiger partial charge is 0.244 e. The number of fused-ring (bicyclic) bond motifs is 1. The van der Waals surface area contributed by atoms with E-state index in [1.165, 1.54) is 0 Å². The molecule has 1 aromatic heterocycles. The van der Waals surface area contributed by atoms with Crippen molar-refractivity contribution in [3.63, 3.8) is 0 Å². The number of nitrogens with two attached hydrogens (primary N) is 1. The van der Waals surface area contributed by atoms with Crippen molar-refractivity contribution in [2.45, 2.75) is 10.4 Å². The number of aliphatic imine (C=N–C) groups is 1. The van der Waals surface area contributed by atoms with E-state index in [4.69, 9.17) is 10.7 Å². The third kappa shape index (κ3) is 4.12. The highest BCUT2D eigenvalue weighted by Gasteiger charge is 2.32. The van der Waals surface area contributed by atoms with Crippen LogP contribution in [0.5, 0.6) is 0 Å². The van der Waals surface area contributed by atoms with Gasteiger partial charge in [-0.15, -0.1) is 0 Å². The summed E-state index contributed by atoms with van der Waals surface area (Å²) in [6.45, 7) is 0. The molecule has 0 bridgehead atoms. The molecule has 1 amide bonds. The molecule has 1 atom stereocenters. The number of carbonyl (C=O) groups excluding carboxylic acids is 1. The van der Waals surface area contributed by atoms with Gasteiger partial charge in [-0.25, -0.2) is 15.0 Å². The molecule has 5 rings (SSSR count). The van der Waals surface area contributed by atoms with E-state index in [9.17, 15) is 10.1 Å². The Hall–Kier alpha value is -4.48. The van der Waals surface area contributed by atoms with E-state index in [1.54, 1.807) is 0 Å². The minimum Gasteiger partial charge on any atom is -0.382 e. The van der Waals surface area contributed by atoms with E-state index < -0.39 is 5.25 Å². The van der Waals surface area contributed by atoms with Gasteiger partial charge in [0, 0.05) is 5.56 Å². The van der Waals surface area contributed by atoms with Crippen molar-refractivity contribution < 1.29 is 4.79 Å². The van der Waals surface area contributed by atoms with Crippen molar-refractivity contribution in [3.05, 3.63) is 96.1 Å². The van der Waals surface area contributed by atoms with Crippen LogP contribution in [0.15, 0.2) is 95.1 Å². The monoisotopic (exact) mass is 462 g/mol. The second kappa shape index (κ2) is 9.17. The Balaban J connectivity index is 1.61. The zero-order valence-corrected chi connectivity index (χ0v) is 18.7. The van der Waals surface area contributed by atoms with Gasteiger partial charge in [-0.3, -0.25) is 4.79 Å². The number of thioether (sulfide) groups is 1. The SMILES string of the molecule is N#Cc1c(N)nc(SC2C(=O)Nc3ccccc3N=C2c2ccccc2)nc1-c1ccccc1. The molecule has 0 saturated heterocycles. The molecule has 2 heterocycles. The average Bonchev–Trinajstić information content (AvgIpc) is 3.01. The molecule has 3 N–H and O–H groups in total. The lowest BCUT2D eigenvalue weighted by Gasteiger charge is -2.17. The lowest BCUT2D eigenvalue weighted by molar-refractivity contribution is -0.114. The molecule has 1 aliphatic rings. The summed E-state index contributed by atoms with van der Waals surface area (Å²) in [6, 6.07) is 28.3. The van der Waals surface area contributed by atoms with Crippen LogP contribution in [0.25, 0.3) is 11.3 Å². The second-order valence-electron chi connectivity index (χ2n) is 7.46. The molecular weight excluding hydrogens is 444 g/mol. The van der Waals surface area contributed by atoms with Gasteiger partial charge in [0.15, 0.2) is 5.16 Å². The first-order chi connectivity index (χ1) is 16.6. The Kier molecular flexibility index (Phi) is 5.77. The predicted octanol–water partition coefficient (Wildman–Crippen LogP) is 4.83. The number of nitrogens with one attached hydrogen (secondary N) is 1. The zero-order chi connectivity index (χ0) is 23.5.